The summed E-state index contributed by atoms with van der Waals surface area (Å²) in [6, 6.07) is 10.7. The minimum atomic E-state index is 0.0576. The van der Waals surface area contributed by atoms with E-state index < -0.39 is 0 Å². The number of aliphatic hydroxyl groups excluding tert-OH is 1. The van der Waals surface area contributed by atoms with Gasteiger partial charge in [-0.25, -0.2) is 0 Å². The Morgan fingerprint density at radius 3 is 2.74 bits per heavy atom. The van der Waals surface area contributed by atoms with Crippen molar-refractivity contribution in [2.24, 2.45) is 5.92 Å². The topological polar surface area (TPSA) is 52.6 Å². The SMILES string of the molecule is CC(C)C(NC(=O)CN1CCCC1CCCO)c1ccccc1. The molecule has 128 valence electrons. The molecule has 2 unspecified atom stereocenters. The molecule has 2 N–H and O–H groups in total. The fourth-order valence-electron chi connectivity index (χ4n) is 3.46. The molecule has 0 aliphatic carbocycles. The molecular formula is C19H30N2O2. The molecule has 1 aliphatic rings. The van der Waals surface area contributed by atoms with Crippen LogP contribution in [0.1, 0.15) is 51.1 Å². The summed E-state index contributed by atoms with van der Waals surface area (Å²) < 4.78 is 0. The standard InChI is InChI=1S/C19H30N2O2/c1-15(2)19(16-8-4-3-5-9-16)20-18(23)14-21-12-6-10-17(21)11-7-13-22/h3-5,8-9,15,17,19,22H,6-7,10-14H2,1-2H3,(H,20,23). The molecule has 2 atom stereocenters. The summed E-state index contributed by atoms with van der Waals surface area (Å²) in [6.07, 6.45) is 4.09. The van der Waals surface area contributed by atoms with Gasteiger partial charge in [0.05, 0.1) is 12.6 Å². The monoisotopic (exact) mass is 318 g/mol. The Bertz CT molecular complexity index is 476. The van der Waals surface area contributed by atoms with Crippen LogP contribution in [0.5, 0.6) is 0 Å². The van der Waals surface area contributed by atoms with E-state index in [2.05, 4.69) is 36.2 Å². The lowest BCUT2D eigenvalue weighted by atomic mass is 9.96. The summed E-state index contributed by atoms with van der Waals surface area (Å²) in [5, 5.41) is 12.2. The highest BCUT2D eigenvalue weighted by Gasteiger charge is 2.27. The molecule has 0 saturated carbocycles. The summed E-state index contributed by atoms with van der Waals surface area (Å²) in [6.45, 7) is 5.96. The maximum absolute atomic E-state index is 12.5. The first kappa shape index (κ1) is 18.0. The van der Waals surface area contributed by atoms with Gasteiger partial charge in [0, 0.05) is 12.6 Å². The Morgan fingerprint density at radius 1 is 1.35 bits per heavy atom. The number of benzene rings is 1. The molecule has 4 nitrogen and oxygen atoms in total. The van der Waals surface area contributed by atoms with Crippen molar-refractivity contribution in [3.8, 4) is 0 Å². The third-order valence-corrected chi connectivity index (χ3v) is 4.68. The largest absolute Gasteiger partial charge is 0.396 e. The van der Waals surface area contributed by atoms with E-state index in [1.165, 1.54) is 0 Å². The van der Waals surface area contributed by atoms with Crippen LogP contribution in [-0.2, 0) is 4.79 Å². The maximum Gasteiger partial charge on any atom is 0.234 e. The number of nitrogens with one attached hydrogen (secondary N) is 1. The van der Waals surface area contributed by atoms with Crippen molar-refractivity contribution in [1.29, 1.82) is 0 Å². The van der Waals surface area contributed by atoms with Gasteiger partial charge >= 0.3 is 0 Å². The smallest absolute Gasteiger partial charge is 0.234 e. The van der Waals surface area contributed by atoms with E-state index in [4.69, 9.17) is 5.11 Å². The van der Waals surface area contributed by atoms with Gasteiger partial charge in [0.1, 0.15) is 0 Å². The van der Waals surface area contributed by atoms with Crippen LogP contribution < -0.4 is 5.32 Å². The van der Waals surface area contributed by atoms with Gasteiger partial charge in [0.25, 0.3) is 0 Å². The second-order valence-electron chi connectivity index (χ2n) is 6.83. The number of likely N-dealkylation sites (tertiary alicyclic amines) is 1. The number of nitrogens with zero attached hydrogens (tertiary/aromatic N) is 1. The van der Waals surface area contributed by atoms with Crippen LogP contribution in [0.4, 0.5) is 0 Å². The molecular weight excluding hydrogens is 288 g/mol. The summed E-state index contributed by atoms with van der Waals surface area (Å²) in [7, 11) is 0. The van der Waals surface area contributed by atoms with Crippen LogP contribution >= 0.6 is 0 Å². The van der Waals surface area contributed by atoms with Gasteiger partial charge in [0.15, 0.2) is 0 Å². The minimum absolute atomic E-state index is 0.0576. The lowest BCUT2D eigenvalue weighted by Gasteiger charge is -2.27. The number of hydrogen-bond acceptors (Lipinski definition) is 3. The molecule has 1 aliphatic heterocycles. The van der Waals surface area contributed by atoms with Gasteiger partial charge in [-0.05, 0) is 43.7 Å². The van der Waals surface area contributed by atoms with Gasteiger partial charge in [-0.2, -0.15) is 0 Å². The second kappa shape index (κ2) is 9.04. The molecule has 1 aromatic carbocycles. The molecule has 1 saturated heterocycles. The molecule has 1 aromatic rings. The third kappa shape index (κ3) is 5.33. The zero-order chi connectivity index (χ0) is 16.7. The highest BCUT2D eigenvalue weighted by atomic mass is 16.3. The molecule has 23 heavy (non-hydrogen) atoms. The average molecular weight is 318 g/mol. The molecule has 1 amide bonds. The summed E-state index contributed by atoms with van der Waals surface area (Å²) in [5.41, 5.74) is 1.16. The first-order valence-corrected chi connectivity index (χ1v) is 8.81. The predicted octanol–water partition coefficient (Wildman–Crippen LogP) is 2.74. The Hall–Kier alpha value is -1.39. The Balaban J connectivity index is 1.92. The molecule has 4 heteroatoms. The normalized spacial score (nSPS) is 19.9. The van der Waals surface area contributed by atoms with E-state index >= 15 is 0 Å². The van der Waals surface area contributed by atoms with E-state index in [1.54, 1.807) is 0 Å². The van der Waals surface area contributed by atoms with Crippen molar-refractivity contribution in [2.45, 2.75) is 51.6 Å². The quantitative estimate of drug-likeness (QED) is 0.775. The fourth-order valence-corrected chi connectivity index (χ4v) is 3.46. The van der Waals surface area contributed by atoms with Gasteiger partial charge in [0.2, 0.25) is 5.91 Å². The van der Waals surface area contributed by atoms with Crippen molar-refractivity contribution in [3.63, 3.8) is 0 Å². The van der Waals surface area contributed by atoms with E-state index in [-0.39, 0.29) is 18.6 Å². The Labute approximate surface area is 139 Å². The van der Waals surface area contributed by atoms with Crippen molar-refractivity contribution in [1.82, 2.24) is 10.2 Å². The van der Waals surface area contributed by atoms with Gasteiger partial charge in [-0.3, -0.25) is 9.69 Å². The zero-order valence-electron chi connectivity index (χ0n) is 14.4. The van der Waals surface area contributed by atoms with E-state index in [0.29, 0.717) is 18.5 Å². The Morgan fingerprint density at radius 2 is 2.09 bits per heavy atom. The first-order chi connectivity index (χ1) is 11.1. The maximum atomic E-state index is 12.5. The second-order valence-corrected chi connectivity index (χ2v) is 6.83. The molecule has 0 aromatic heterocycles. The number of hydrogen-bond donors (Lipinski definition) is 2. The van der Waals surface area contributed by atoms with Crippen molar-refractivity contribution in [3.05, 3.63) is 35.9 Å². The molecule has 1 heterocycles. The number of carbonyl (C=O) groups excluding carboxylic acids is 1. The van der Waals surface area contributed by atoms with Crippen LogP contribution in [0.25, 0.3) is 0 Å². The highest BCUT2D eigenvalue weighted by Crippen LogP contribution is 2.23. The summed E-state index contributed by atoms with van der Waals surface area (Å²) in [5.74, 6) is 0.452. The van der Waals surface area contributed by atoms with Crippen LogP contribution in [0.2, 0.25) is 0 Å². The van der Waals surface area contributed by atoms with Gasteiger partial charge < -0.3 is 10.4 Å². The number of aliphatic hydroxyl groups is 1. The van der Waals surface area contributed by atoms with E-state index in [0.717, 1.165) is 37.8 Å². The van der Waals surface area contributed by atoms with Gasteiger partial charge in [-0.15, -0.1) is 0 Å². The van der Waals surface area contributed by atoms with Crippen molar-refractivity contribution in [2.75, 3.05) is 19.7 Å². The summed E-state index contributed by atoms with van der Waals surface area (Å²) in [4.78, 5) is 14.8. The molecule has 0 bridgehead atoms. The van der Waals surface area contributed by atoms with Crippen molar-refractivity contribution < 1.29 is 9.90 Å². The minimum Gasteiger partial charge on any atom is -0.396 e. The number of amides is 1. The van der Waals surface area contributed by atoms with Gasteiger partial charge in [-0.1, -0.05) is 44.2 Å². The third-order valence-electron chi connectivity index (χ3n) is 4.68. The molecule has 1 fully saturated rings. The number of rotatable bonds is 8. The first-order valence-electron chi connectivity index (χ1n) is 8.81. The highest BCUT2D eigenvalue weighted by molar-refractivity contribution is 5.78. The van der Waals surface area contributed by atoms with E-state index in [1.807, 2.05) is 18.2 Å². The average Bonchev–Trinajstić information content (AvgIpc) is 2.98. The zero-order valence-corrected chi connectivity index (χ0v) is 14.4. The fraction of sp³-hybridized carbons (Fsp3) is 0.632. The molecule has 0 radical (unpaired) electrons. The lowest BCUT2D eigenvalue weighted by molar-refractivity contribution is -0.123. The van der Waals surface area contributed by atoms with E-state index in [9.17, 15) is 4.79 Å². The molecule has 0 spiro atoms. The van der Waals surface area contributed by atoms with Crippen LogP contribution in [0, 0.1) is 5.92 Å². The number of carbonyl (C=O) groups is 1. The molecule has 2 rings (SSSR count). The predicted molar refractivity (Wildman–Crippen MR) is 93.1 cm³/mol. The van der Waals surface area contributed by atoms with Crippen molar-refractivity contribution >= 4 is 5.91 Å². The van der Waals surface area contributed by atoms with Crippen LogP contribution in [-0.4, -0.2) is 41.7 Å². The Kier molecular flexibility index (Phi) is 7.06. The van der Waals surface area contributed by atoms with Crippen LogP contribution in [0.15, 0.2) is 30.3 Å². The summed E-state index contributed by atoms with van der Waals surface area (Å²) >= 11 is 0. The lowest BCUT2D eigenvalue weighted by Crippen LogP contribution is -2.42. The van der Waals surface area contributed by atoms with Crippen LogP contribution in [0.3, 0.4) is 0 Å².